The number of aliphatic hydroxyl groups excluding tert-OH is 1. The number of aliphatic hydroxyl groups is 1. The monoisotopic (exact) mass is 283 g/mol. The SMILES string of the molecule is C[C@H](O)c1ccc2ccccc2c1OCc1cn(C)nn1. The second-order valence-corrected chi connectivity index (χ2v) is 5.05. The number of hydrogen-bond acceptors (Lipinski definition) is 4. The summed E-state index contributed by atoms with van der Waals surface area (Å²) in [5.41, 5.74) is 1.53. The number of aromatic nitrogens is 3. The van der Waals surface area contributed by atoms with Gasteiger partial charge in [-0.3, -0.25) is 4.68 Å². The Labute approximate surface area is 122 Å². The highest BCUT2D eigenvalue weighted by Gasteiger charge is 2.13. The van der Waals surface area contributed by atoms with Crippen molar-refractivity contribution in [3.8, 4) is 5.75 Å². The summed E-state index contributed by atoms with van der Waals surface area (Å²) in [6, 6.07) is 11.9. The smallest absolute Gasteiger partial charge is 0.134 e. The molecule has 1 atom stereocenters. The first-order valence-electron chi connectivity index (χ1n) is 6.83. The van der Waals surface area contributed by atoms with Crippen LogP contribution in [0.1, 0.15) is 24.3 Å². The van der Waals surface area contributed by atoms with E-state index in [4.69, 9.17) is 4.74 Å². The normalized spacial score (nSPS) is 12.5. The molecule has 0 amide bonds. The summed E-state index contributed by atoms with van der Waals surface area (Å²) >= 11 is 0. The van der Waals surface area contributed by atoms with E-state index in [-0.39, 0.29) is 0 Å². The number of hydrogen-bond donors (Lipinski definition) is 1. The van der Waals surface area contributed by atoms with Crippen LogP contribution in [0.2, 0.25) is 0 Å². The summed E-state index contributed by atoms with van der Waals surface area (Å²) in [7, 11) is 1.82. The molecule has 5 nitrogen and oxygen atoms in total. The highest BCUT2D eigenvalue weighted by molar-refractivity contribution is 5.89. The van der Waals surface area contributed by atoms with Gasteiger partial charge in [-0.25, -0.2) is 0 Å². The summed E-state index contributed by atoms with van der Waals surface area (Å²) in [5, 5.41) is 19.9. The molecule has 21 heavy (non-hydrogen) atoms. The van der Waals surface area contributed by atoms with Gasteiger partial charge < -0.3 is 9.84 Å². The molecule has 108 valence electrons. The number of benzene rings is 2. The molecule has 3 rings (SSSR count). The van der Waals surface area contributed by atoms with E-state index in [2.05, 4.69) is 10.3 Å². The Morgan fingerprint density at radius 2 is 2.05 bits per heavy atom. The van der Waals surface area contributed by atoms with Crippen LogP contribution in [0.3, 0.4) is 0 Å². The predicted octanol–water partition coefficient (Wildman–Crippen LogP) is 2.60. The molecule has 3 aromatic rings. The Kier molecular flexibility index (Phi) is 3.58. The number of nitrogens with zero attached hydrogens (tertiary/aromatic N) is 3. The highest BCUT2D eigenvalue weighted by Crippen LogP contribution is 2.34. The van der Waals surface area contributed by atoms with E-state index >= 15 is 0 Å². The van der Waals surface area contributed by atoms with E-state index in [9.17, 15) is 5.11 Å². The molecule has 0 spiro atoms. The Balaban J connectivity index is 1.99. The molecule has 0 bridgehead atoms. The largest absolute Gasteiger partial charge is 0.486 e. The average Bonchev–Trinajstić information content (AvgIpc) is 2.90. The summed E-state index contributed by atoms with van der Waals surface area (Å²) in [5.74, 6) is 0.703. The second kappa shape index (κ2) is 5.54. The van der Waals surface area contributed by atoms with Gasteiger partial charge in [0.2, 0.25) is 0 Å². The zero-order valence-electron chi connectivity index (χ0n) is 12.0. The average molecular weight is 283 g/mol. The lowest BCUT2D eigenvalue weighted by atomic mass is 10.0. The maximum absolute atomic E-state index is 9.95. The molecule has 1 aromatic heterocycles. The Bertz CT molecular complexity index is 765. The van der Waals surface area contributed by atoms with Crippen molar-refractivity contribution in [2.75, 3.05) is 0 Å². The first-order valence-corrected chi connectivity index (χ1v) is 6.83. The summed E-state index contributed by atoms with van der Waals surface area (Å²) in [6.45, 7) is 2.06. The third-order valence-corrected chi connectivity index (χ3v) is 3.37. The fourth-order valence-electron chi connectivity index (χ4n) is 2.36. The molecule has 0 saturated heterocycles. The van der Waals surface area contributed by atoms with E-state index in [1.807, 2.05) is 49.6 Å². The molecule has 1 N–H and O–H groups in total. The lowest BCUT2D eigenvalue weighted by Crippen LogP contribution is -2.02. The van der Waals surface area contributed by atoms with Gasteiger partial charge in [0.15, 0.2) is 0 Å². The van der Waals surface area contributed by atoms with Crippen LogP contribution in [0.15, 0.2) is 42.6 Å². The quantitative estimate of drug-likeness (QED) is 0.799. The number of aryl methyl sites for hydroxylation is 1. The Hall–Kier alpha value is -2.40. The van der Waals surface area contributed by atoms with Gasteiger partial charge in [0.05, 0.1) is 12.3 Å². The molecule has 0 unspecified atom stereocenters. The molecule has 0 fully saturated rings. The van der Waals surface area contributed by atoms with Crippen molar-refractivity contribution < 1.29 is 9.84 Å². The van der Waals surface area contributed by atoms with Crippen molar-refractivity contribution in [1.29, 1.82) is 0 Å². The van der Waals surface area contributed by atoms with Crippen LogP contribution in [0.25, 0.3) is 10.8 Å². The van der Waals surface area contributed by atoms with Crippen LogP contribution in [0.4, 0.5) is 0 Å². The van der Waals surface area contributed by atoms with Gasteiger partial charge in [-0.05, 0) is 12.3 Å². The van der Waals surface area contributed by atoms with E-state index < -0.39 is 6.10 Å². The van der Waals surface area contributed by atoms with Crippen LogP contribution in [-0.4, -0.2) is 20.1 Å². The van der Waals surface area contributed by atoms with Crippen molar-refractivity contribution in [3.63, 3.8) is 0 Å². The zero-order chi connectivity index (χ0) is 14.8. The Morgan fingerprint density at radius 3 is 2.76 bits per heavy atom. The molecular formula is C16H17N3O2. The fourth-order valence-corrected chi connectivity index (χ4v) is 2.36. The van der Waals surface area contributed by atoms with E-state index in [1.165, 1.54) is 0 Å². The van der Waals surface area contributed by atoms with Crippen molar-refractivity contribution in [1.82, 2.24) is 15.0 Å². The minimum Gasteiger partial charge on any atom is -0.486 e. The van der Waals surface area contributed by atoms with Crippen LogP contribution in [0, 0.1) is 0 Å². The molecule has 1 heterocycles. The minimum atomic E-state index is -0.591. The summed E-state index contributed by atoms with van der Waals surface area (Å²) < 4.78 is 7.57. The van der Waals surface area contributed by atoms with Gasteiger partial charge in [-0.1, -0.05) is 41.6 Å². The zero-order valence-corrected chi connectivity index (χ0v) is 12.0. The fraction of sp³-hybridized carbons (Fsp3) is 0.250. The molecule has 2 aromatic carbocycles. The molecule has 0 radical (unpaired) electrons. The topological polar surface area (TPSA) is 60.2 Å². The molecular weight excluding hydrogens is 266 g/mol. The maximum Gasteiger partial charge on any atom is 0.134 e. The highest BCUT2D eigenvalue weighted by atomic mass is 16.5. The molecule has 0 aliphatic carbocycles. The maximum atomic E-state index is 9.95. The van der Waals surface area contributed by atoms with Gasteiger partial charge in [0.25, 0.3) is 0 Å². The van der Waals surface area contributed by atoms with Crippen molar-refractivity contribution in [3.05, 3.63) is 53.9 Å². The molecule has 0 aliphatic heterocycles. The van der Waals surface area contributed by atoms with Crippen LogP contribution in [0.5, 0.6) is 5.75 Å². The van der Waals surface area contributed by atoms with E-state index in [0.29, 0.717) is 12.4 Å². The van der Waals surface area contributed by atoms with Crippen molar-refractivity contribution in [2.45, 2.75) is 19.6 Å². The predicted molar refractivity (Wildman–Crippen MR) is 79.9 cm³/mol. The van der Waals surface area contributed by atoms with Crippen LogP contribution < -0.4 is 4.74 Å². The van der Waals surface area contributed by atoms with E-state index in [0.717, 1.165) is 22.0 Å². The first-order chi connectivity index (χ1) is 10.1. The summed E-state index contributed by atoms with van der Waals surface area (Å²) in [6.07, 6.45) is 1.22. The number of fused-ring (bicyclic) bond motifs is 1. The molecule has 5 heteroatoms. The number of rotatable bonds is 4. The van der Waals surface area contributed by atoms with Gasteiger partial charge >= 0.3 is 0 Å². The van der Waals surface area contributed by atoms with Crippen LogP contribution in [-0.2, 0) is 13.7 Å². The van der Waals surface area contributed by atoms with Gasteiger partial charge in [0, 0.05) is 18.0 Å². The molecule has 0 saturated carbocycles. The lowest BCUT2D eigenvalue weighted by molar-refractivity contribution is 0.190. The number of ether oxygens (including phenoxy) is 1. The third-order valence-electron chi connectivity index (χ3n) is 3.37. The van der Waals surface area contributed by atoms with Gasteiger partial charge in [-0.15, -0.1) is 5.10 Å². The van der Waals surface area contributed by atoms with E-state index in [1.54, 1.807) is 11.6 Å². The Morgan fingerprint density at radius 1 is 1.24 bits per heavy atom. The van der Waals surface area contributed by atoms with Gasteiger partial charge in [0.1, 0.15) is 18.1 Å². The van der Waals surface area contributed by atoms with Gasteiger partial charge in [-0.2, -0.15) is 0 Å². The minimum absolute atomic E-state index is 0.321. The second-order valence-electron chi connectivity index (χ2n) is 5.05. The van der Waals surface area contributed by atoms with Crippen molar-refractivity contribution >= 4 is 10.8 Å². The first kappa shape index (κ1) is 13.6. The van der Waals surface area contributed by atoms with Crippen LogP contribution >= 0.6 is 0 Å². The summed E-state index contributed by atoms with van der Waals surface area (Å²) in [4.78, 5) is 0. The standard InChI is InChI=1S/C16H17N3O2/c1-11(20)14-8-7-12-5-3-4-6-15(12)16(14)21-10-13-9-19(2)18-17-13/h3-9,11,20H,10H2,1-2H3/t11-/m0/s1. The van der Waals surface area contributed by atoms with Crippen molar-refractivity contribution in [2.24, 2.45) is 7.05 Å². The third kappa shape index (κ3) is 2.73. The lowest BCUT2D eigenvalue weighted by Gasteiger charge is -2.15. The molecule has 0 aliphatic rings.